The van der Waals surface area contributed by atoms with E-state index in [0.717, 1.165) is 0 Å². The van der Waals surface area contributed by atoms with Gasteiger partial charge in [-0.25, -0.2) is 4.79 Å². The lowest BCUT2D eigenvalue weighted by atomic mass is 9.92. The van der Waals surface area contributed by atoms with Gasteiger partial charge in [0.2, 0.25) is 17.7 Å². The van der Waals surface area contributed by atoms with E-state index in [1.165, 1.54) is 27.6 Å². The fraction of sp³-hybridized carbons (Fsp3) is 0.636. The molecule has 0 aliphatic carbocycles. The van der Waals surface area contributed by atoms with E-state index in [9.17, 15) is 19.2 Å². The molecule has 10 nitrogen and oxygen atoms in total. The predicted octanol–water partition coefficient (Wildman–Crippen LogP) is 1.14. The Balaban J connectivity index is 2.31. The number of fused-ring (bicyclic) bond motifs is 1. The number of ether oxygens (including phenoxy) is 1. The van der Waals surface area contributed by atoms with Crippen molar-refractivity contribution in [1.82, 2.24) is 9.80 Å². The van der Waals surface area contributed by atoms with Crippen LogP contribution in [0.3, 0.4) is 0 Å². The average Bonchev–Trinajstić information content (AvgIpc) is 2.97. The maximum absolute atomic E-state index is 13.2. The molecule has 2 heterocycles. The highest BCUT2D eigenvalue weighted by Crippen LogP contribution is 2.52. The van der Waals surface area contributed by atoms with Gasteiger partial charge < -0.3 is 20.6 Å². The molecule has 2 aliphatic rings. The molecule has 1 fully saturated rings. The third kappa shape index (κ3) is 6.09. The van der Waals surface area contributed by atoms with Crippen LogP contribution in [0.15, 0.2) is 23.3 Å². The maximum Gasteiger partial charge on any atom is 0.356 e. The Morgan fingerprint density at radius 1 is 1.24 bits per heavy atom. The molecule has 190 valence electrons. The minimum atomic E-state index is -2.13. The molecular weight excluding hydrogens is 476 g/mol. The van der Waals surface area contributed by atoms with Gasteiger partial charge in [-0.15, -0.1) is 11.8 Å². The molecule has 2 aliphatic heterocycles. The van der Waals surface area contributed by atoms with Crippen molar-refractivity contribution in [1.29, 1.82) is 0 Å². The second kappa shape index (κ2) is 10.6. The number of hydrogen-bond acceptors (Lipinski definition) is 8. The van der Waals surface area contributed by atoms with E-state index in [-0.39, 0.29) is 54.4 Å². The van der Waals surface area contributed by atoms with Gasteiger partial charge in [0.15, 0.2) is 8.32 Å². The summed E-state index contributed by atoms with van der Waals surface area (Å²) in [5.74, 6) is -2.63. The molecule has 3 atom stereocenters. The second-order valence-electron chi connectivity index (χ2n) is 10.1. The number of nitrogens with zero attached hydrogens (tertiary/aromatic N) is 2. The van der Waals surface area contributed by atoms with Crippen molar-refractivity contribution in [2.24, 2.45) is 17.4 Å². The van der Waals surface area contributed by atoms with Crippen molar-refractivity contribution < 1.29 is 28.3 Å². The van der Waals surface area contributed by atoms with Crippen LogP contribution in [0.25, 0.3) is 0 Å². The molecule has 0 aromatic carbocycles. The van der Waals surface area contributed by atoms with E-state index in [0.29, 0.717) is 4.91 Å². The minimum absolute atomic E-state index is 0.0203. The van der Waals surface area contributed by atoms with Gasteiger partial charge in [0.1, 0.15) is 17.7 Å². The van der Waals surface area contributed by atoms with Crippen molar-refractivity contribution in [2.45, 2.75) is 57.3 Å². The Morgan fingerprint density at radius 2 is 1.79 bits per heavy atom. The summed E-state index contributed by atoms with van der Waals surface area (Å²) in [5.41, 5.74) is 10.7. The van der Waals surface area contributed by atoms with Gasteiger partial charge in [-0.2, -0.15) is 0 Å². The zero-order valence-corrected chi connectivity index (χ0v) is 22.6. The minimum Gasteiger partial charge on any atom is -0.457 e. The lowest BCUT2D eigenvalue weighted by molar-refractivity contribution is -0.157. The zero-order valence-electron chi connectivity index (χ0n) is 20.8. The Kier molecular flexibility index (Phi) is 8.78. The number of nitrogens with two attached hydrogens (primary N) is 2. The van der Waals surface area contributed by atoms with Gasteiger partial charge >= 0.3 is 5.97 Å². The van der Waals surface area contributed by atoms with Gasteiger partial charge in [-0.05, 0) is 25.1 Å². The summed E-state index contributed by atoms with van der Waals surface area (Å²) in [6.45, 7) is 15.6. The Labute approximate surface area is 206 Å². The van der Waals surface area contributed by atoms with Crippen molar-refractivity contribution in [2.75, 3.05) is 26.2 Å². The first kappa shape index (κ1) is 28.1. The smallest absolute Gasteiger partial charge is 0.356 e. The van der Waals surface area contributed by atoms with Crippen LogP contribution in [-0.4, -0.2) is 79.5 Å². The standard InChI is InChI=1S/C22H36N4O6SSi/c1-8-9-31-21(30)18-14(10-25(11-15(23)27)12-16(24)28)33-20-17(19(29)26(18)20)13(2)32-34(6,7)22(3,4)5/h8,13,17,20H,1,9-12H2,2-7H3,(H2,23,27)(H2,24,28)/t13-,17+,20-/m1/s1. The van der Waals surface area contributed by atoms with Crippen LogP contribution >= 0.6 is 11.8 Å². The number of amides is 3. The Hall–Kier alpha value is -2.15. The Bertz CT molecular complexity index is 884. The maximum atomic E-state index is 13.2. The van der Waals surface area contributed by atoms with E-state index in [2.05, 4.69) is 40.4 Å². The molecule has 0 spiro atoms. The Morgan fingerprint density at radius 3 is 2.26 bits per heavy atom. The first-order valence-corrected chi connectivity index (χ1v) is 14.9. The number of rotatable bonds is 12. The van der Waals surface area contributed by atoms with Crippen LogP contribution in [0.4, 0.5) is 0 Å². The van der Waals surface area contributed by atoms with Crippen molar-refractivity contribution >= 4 is 43.8 Å². The monoisotopic (exact) mass is 512 g/mol. The SMILES string of the molecule is C=CCOC(=O)C1=C(CN(CC(N)=O)CC(N)=O)S[C@@H]2[C@@H]([C@@H](C)O[Si](C)(C)C(C)(C)C)C(=O)N12. The van der Waals surface area contributed by atoms with E-state index in [4.69, 9.17) is 20.6 Å². The summed E-state index contributed by atoms with van der Waals surface area (Å²) >= 11 is 1.33. The van der Waals surface area contributed by atoms with Crippen LogP contribution in [0.2, 0.25) is 18.1 Å². The lowest BCUT2D eigenvalue weighted by Crippen LogP contribution is -2.62. The van der Waals surface area contributed by atoms with Gasteiger partial charge in [0.25, 0.3) is 0 Å². The molecule has 3 amide bonds. The predicted molar refractivity (Wildman–Crippen MR) is 132 cm³/mol. The number of carbonyl (C=O) groups is 4. The number of β-lactam (4-membered cyclic amide) rings is 1. The topological polar surface area (TPSA) is 145 Å². The fourth-order valence-corrected chi connectivity index (χ4v) is 6.74. The molecule has 0 unspecified atom stereocenters. The molecule has 0 aromatic rings. The molecule has 1 saturated heterocycles. The highest BCUT2D eigenvalue weighted by atomic mass is 32.2. The summed E-state index contributed by atoms with van der Waals surface area (Å²) in [5, 5.41) is -0.374. The van der Waals surface area contributed by atoms with E-state index < -0.39 is 32.0 Å². The summed E-state index contributed by atoms with van der Waals surface area (Å²) in [6, 6.07) is 0. The van der Waals surface area contributed by atoms with Crippen LogP contribution < -0.4 is 11.5 Å². The molecule has 0 bridgehead atoms. The first-order chi connectivity index (χ1) is 15.6. The molecular formula is C22H36N4O6SSi. The van der Waals surface area contributed by atoms with Crippen molar-refractivity contribution in [3.8, 4) is 0 Å². The molecule has 0 saturated carbocycles. The normalized spacial score (nSPS) is 21.3. The van der Waals surface area contributed by atoms with Crippen LogP contribution in [0.1, 0.15) is 27.7 Å². The number of esters is 1. The third-order valence-electron chi connectivity index (χ3n) is 6.30. The third-order valence-corrected chi connectivity index (χ3v) is 12.2. The van der Waals surface area contributed by atoms with E-state index in [1.54, 1.807) is 0 Å². The van der Waals surface area contributed by atoms with Crippen LogP contribution in [-0.2, 0) is 28.3 Å². The lowest BCUT2D eigenvalue weighted by Gasteiger charge is -2.48. The summed E-state index contributed by atoms with van der Waals surface area (Å²) in [6.07, 6.45) is 1.08. The number of hydrogen-bond donors (Lipinski definition) is 2. The molecule has 0 aromatic heterocycles. The largest absolute Gasteiger partial charge is 0.457 e. The highest BCUT2D eigenvalue weighted by molar-refractivity contribution is 8.04. The molecule has 12 heteroatoms. The quantitative estimate of drug-likeness (QED) is 0.171. The summed E-state index contributed by atoms with van der Waals surface area (Å²) in [4.78, 5) is 52.4. The summed E-state index contributed by atoms with van der Waals surface area (Å²) in [7, 11) is -2.13. The van der Waals surface area contributed by atoms with Gasteiger partial charge in [-0.1, -0.05) is 33.4 Å². The molecule has 0 radical (unpaired) electrons. The number of carbonyl (C=O) groups excluding carboxylic acids is 4. The summed E-state index contributed by atoms with van der Waals surface area (Å²) < 4.78 is 11.7. The highest BCUT2D eigenvalue weighted by Gasteiger charge is 2.59. The van der Waals surface area contributed by atoms with E-state index in [1.807, 2.05) is 6.92 Å². The van der Waals surface area contributed by atoms with Gasteiger partial charge in [0.05, 0.1) is 25.1 Å². The zero-order chi connectivity index (χ0) is 26.0. The first-order valence-electron chi connectivity index (χ1n) is 11.1. The number of primary amides is 2. The number of thioether (sulfide) groups is 1. The van der Waals surface area contributed by atoms with Gasteiger partial charge in [-0.3, -0.25) is 24.2 Å². The van der Waals surface area contributed by atoms with Gasteiger partial charge in [0, 0.05) is 11.4 Å². The molecule has 2 rings (SSSR count). The van der Waals surface area contributed by atoms with Crippen molar-refractivity contribution in [3.05, 3.63) is 23.3 Å². The molecule has 34 heavy (non-hydrogen) atoms. The second-order valence-corrected chi connectivity index (χ2v) is 16.0. The van der Waals surface area contributed by atoms with Crippen LogP contribution in [0, 0.1) is 5.92 Å². The molecule has 4 N–H and O–H groups in total. The van der Waals surface area contributed by atoms with E-state index >= 15 is 0 Å². The fourth-order valence-electron chi connectivity index (χ4n) is 3.67. The van der Waals surface area contributed by atoms with Crippen LogP contribution in [0.5, 0.6) is 0 Å². The van der Waals surface area contributed by atoms with Crippen molar-refractivity contribution in [3.63, 3.8) is 0 Å². The average molecular weight is 513 g/mol.